The summed E-state index contributed by atoms with van der Waals surface area (Å²) in [6.45, 7) is 8.79. The minimum atomic E-state index is -0.321. The fourth-order valence-electron chi connectivity index (χ4n) is 3.27. The molecule has 2 rings (SSSR count). The SMILES string of the molecule is C=C(C)C(=O)OC1CC2CC1(C)CC2OC(C)=O. The summed E-state index contributed by atoms with van der Waals surface area (Å²) in [4.78, 5) is 22.6. The molecule has 4 nitrogen and oxygen atoms in total. The van der Waals surface area contributed by atoms with Crippen molar-refractivity contribution in [2.45, 2.75) is 52.2 Å². The minimum Gasteiger partial charge on any atom is -0.462 e. The number of carbonyl (C=O) groups excluding carboxylic acids is 2. The van der Waals surface area contributed by atoms with Crippen molar-refractivity contribution in [3.05, 3.63) is 12.2 Å². The lowest BCUT2D eigenvalue weighted by Gasteiger charge is -2.33. The molecule has 4 heteroatoms. The highest BCUT2D eigenvalue weighted by molar-refractivity contribution is 5.87. The summed E-state index contributed by atoms with van der Waals surface area (Å²) in [5, 5.41) is 0. The highest BCUT2D eigenvalue weighted by Crippen LogP contribution is 2.56. The second kappa shape index (κ2) is 4.41. The molecule has 4 atom stereocenters. The molecule has 18 heavy (non-hydrogen) atoms. The predicted octanol–water partition coefficient (Wildman–Crippen LogP) is 2.23. The summed E-state index contributed by atoms with van der Waals surface area (Å²) < 4.78 is 10.8. The molecule has 0 saturated heterocycles. The van der Waals surface area contributed by atoms with Crippen LogP contribution in [0.2, 0.25) is 0 Å². The Bertz CT molecular complexity index is 401. The Morgan fingerprint density at radius 2 is 1.89 bits per heavy atom. The van der Waals surface area contributed by atoms with Crippen molar-refractivity contribution in [1.29, 1.82) is 0 Å². The van der Waals surface area contributed by atoms with Crippen molar-refractivity contribution in [3.63, 3.8) is 0 Å². The summed E-state index contributed by atoms with van der Waals surface area (Å²) in [5.41, 5.74) is 0.369. The van der Waals surface area contributed by atoms with Gasteiger partial charge in [-0.3, -0.25) is 4.79 Å². The van der Waals surface area contributed by atoms with E-state index in [-0.39, 0.29) is 29.6 Å². The monoisotopic (exact) mass is 252 g/mol. The van der Waals surface area contributed by atoms with Gasteiger partial charge in [0, 0.05) is 23.8 Å². The van der Waals surface area contributed by atoms with Crippen molar-refractivity contribution < 1.29 is 19.1 Å². The number of rotatable bonds is 3. The van der Waals surface area contributed by atoms with Gasteiger partial charge in [0.05, 0.1) is 0 Å². The number of ether oxygens (including phenoxy) is 2. The molecular weight excluding hydrogens is 232 g/mol. The Kier molecular flexibility index (Phi) is 3.21. The zero-order valence-electron chi connectivity index (χ0n) is 11.2. The Morgan fingerprint density at radius 1 is 1.22 bits per heavy atom. The smallest absolute Gasteiger partial charge is 0.333 e. The molecule has 2 aliphatic rings. The van der Waals surface area contributed by atoms with Gasteiger partial charge in [0.25, 0.3) is 0 Å². The van der Waals surface area contributed by atoms with Gasteiger partial charge in [-0.2, -0.15) is 0 Å². The van der Waals surface area contributed by atoms with Gasteiger partial charge < -0.3 is 9.47 Å². The third kappa shape index (κ3) is 2.28. The van der Waals surface area contributed by atoms with Crippen LogP contribution in [-0.4, -0.2) is 24.1 Å². The van der Waals surface area contributed by atoms with E-state index in [1.165, 1.54) is 6.92 Å². The second-order valence-corrected chi connectivity index (χ2v) is 5.88. The molecule has 0 spiro atoms. The van der Waals surface area contributed by atoms with Gasteiger partial charge in [0.15, 0.2) is 0 Å². The summed E-state index contributed by atoms with van der Waals surface area (Å²) in [6, 6.07) is 0. The van der Waals surface area contributed by atoms with Crippen LogP contribution in [0.3, 0.4) is 0 Å². The van der Waals surface area contributed by atoms with E-state index in [1.807, 2.05) is 0 Å². The molecule has 0 aliphatic heterocycles. The Morgan fingerprint density at radius 3 is 2.33 bits per heavy atom. The number of hydrogen-bond acceptors (Lipinski definition) is 4. The van der Waals surface area contributed by atoms with E-state index in [1.54, 1.807) is 6.92 Å². The van der Waals surface area contributed by atoms with E-state index >= 15 is 0 Å². The third-order valence-electron chi connectivity index (χ3n) is 4.13. The molecule has 2 bridgehead atoms. The van der Waals surface area contributed by atoms with Crippen LogP contribution in [0, 0.1) is 11.3 Å². The van der Waals surface area contributed by atoms with Crippen molar-refractivity contribution in [1.82, 2.24) is 0 Å². The first-order valence-corrected chi connectivity index (χ1v) is 6.35. The third-order valence-corrected chi connectivity index (χ3v) is 4.13. The van der Waals surface area contributed by atoms with Gasteiger partial charge in [-0.1, -0.05) is 13.5 Å². The van der Waals surface area contributed by atoms with E-state index in [0.29, 0.717) is 11.5 Å². The number of carbonyl (C=O) groups is 2. The van der Waals surface area contributed by atoms with Crippen LogP contribution < -0.4 is 0 Å². The highest BCUT2D eigenvalue weighted by Gasteiger charge is 2.56. The second-order valence-electron chi connectivity index (χ2n) is 5.88. The van der Waals surface area contributed by atoms with E-state index in [9.17, 15) is 9.59 Å². The average Bonchev–Trinajstić information content (AvgIpc) is 2.69. The lowest BCUT2D eigenvalue weighted by molar-refractivity contribution is -0.158. The zero-order chi connectivity index (χ0) is 13.5. The molecule has 0 heterocycles. The zero-order valence-corrected chi connectivity index (χ0v) is 11.2. The van der Waals surface area contributed by atoms with Crippen LogP contribution in [0.4, 0.5) is 0 Å². The first-order chi connectivity index (χ1) is 8.32. The van der Waals surface area contributed by atoms with Gasteiger partial charge >= 0.3 is 11.9 Å². The predicted molar refractivity (Wildman–Crippen MR) is 65.7 cm³/mol. The molecule has 2 saturated carbocycles. The van der Waals surface area contributed by atoms with Gasteiger partial charge in [0.1, 0.15) is 12.2 Å². The normalized spacial score (nSPS) is 37.4. The van der Waals surface area contributed by atoms with Crippen LogP contribution in [-0.2, 0) is 19.1 Å². The van der Waals surface area contributed by atoms with Gasteiger partial charge in [-0.15, -0.1) is 0 Å². The van der Waals surface area contributed by atoms with Crippen molar-refractivity contribution in [3.8, 4) is 0 Å². The molecule has 0 aromatic carbocycles. The maximum atomic E-state index is 11.6. The number of hydrogen-bond donors (Lipinski definition) is 0. The average molecular weight is 252 g/mol. The first kappa shape index (κ1) is 13.1. The maximum absolute atomic E-state index is 11.6. The van der Waals surface area contributed by atoms with Crippen molar-refractivity contribution in [2.75, 3.05) is 0 Å². The van der Waals surface area contributed by atoms with Crippen LogP contribution >= 0.6 is 0 Å². The fourth-order valence-corrected chi connectivity index (χ4v) is 3.27. The number of esters is 2. The standard InChI is InChI=1S/C14H20O4/c1-8(2)13(16)18-12-5-10-6-14(12,4)7-11(10)17-9(3)15/h10-12H,1,5-7H2,2-4H3. The summed E-state index contributed by atoms with van der Waals surface area (Å²) >= 11 is 0. The molecule has 0 N–H and O–H groups in total. The molecule has 0 amide bonds. The molecule has 0 radical (unpaired) electrons. The van der Waals surface area contributed by atoms with Crippen LogP contribution in [0.5, 0.6) is 0 Å². The summed E-state index contributed by atoms with van der Waals surface area (Å²) in [6.07, 6.45) is 2.45. The van der Waals surface area contributed by atoms with Gasteiger partial charge in [-0.25, -0.2) is 4.79 Å². The quantitative estimate of drug-likeness (QED) is 0.571. The lowest BCUT2D eigenvalue weighted by Crippen LogP contribution is -2.37. The minimum absolute atomic E-state index is 0.00715. The number of fused-ring (bicyclic) bond motifs is 2. The van der Waals surface area contributed by atoms with Crippen molar-refractivity contribution >= 4 is 11.9 Å². The molecule has 2 aliphatic carbocycles. The first-order valence-electron chi connectivity index (χ1n) is 6.35. The highest BCUT2D eigenvalue weighted by atomic mass is 16.6. The summed E-state index contributed by atoms with van der Waals surface area (Å²) in [5.74, 6) is -0.230. The molecule has 0 aromatic rings. The molecule has 0 aromatic heterocycles. The van der Waals surface area contributed by atoms with Crippen molar-refractivity contribution in [2.24, 2.45) is 11.3 Å². The summed E-state index contributed by atoms with van der Waals surface area (Å²) in [7, 11) is 0. The fraction of sp³-hybridized carbons (Fsp3) is 0.714. The van der Waals surface area contributed by atoms with E-state index in [4.69, 9.17) is 9.47 Å². The molecular formula is C14H20O4. The van der Waals surface area contributed by atoms with Crippen LogP contribution in [0.15, 0.2) is 12.2 Å². The molecule has 2 fully saturated rings. The van der Waals surface area contributed by atoms with E-state index in [2.05, 4.69) is 13.5 Å². The topological polar surface area (TPSA) is 52.6 Å². The van der Waals surface area contributed by atoms with Crippen LogP contribution in [0.25, 0.3) is 0 Å². The van der Waals surface area contributed by atoms with E-state index < -0.39 is 0 Å². The Hall–Kier alpha value is -1.32. The van der Waals surface area contributed by atoms with Crippen LogP contribution in [0.1, 0.15) is 40.0 Å². The largest absolute Gasteiger partial charge is 0.462 e. The Balaban J connectivity index is 1.99. The maximum Gasteiger partial charge on any atom is 0.333 e. The van der Waals surface area contributed by atoms with Gasteiger partial charge in [-0.05, 0) is 26.2 Å². The molecule has 100 valence electrons. The van der Waals surface area contributed by atoms with Gasteiger partial charge in [0.2, 0.25) is 0 Å². The lowest BCUT2D eigenvalue weighted by atomic mass is 9.82. The van der Waals surface area contributed by atoms with E-state index in [0.717, 1.165) is 19.3 Å². The molecule has 4 unspecified atom stereocenters. The Labute approximate surface area is 107 Å².